The van der Waals surface area contributed by atoms with E-state index in [2.05, 4.69) is 0 Å². The van der Waals surface area contributed by atoms with Crippen LogP contribution >= 0.6 is 0 Å². The minimum absolute atomic E-state index is 0.00202. The lowest BCUT2D eigenvalue weighted by molar-refractivity contribution is -0.140. The molecule has 1 fully saturated rings. The van der Waals surface area contributed by atoms with Gasteiger partial charge in [0, 0.05) is 18.2 Å². The third-order valence-corrected chi connectivity index (χ3v) is 5.64. The summed E-state index contributed by atoms with van der Waals surface area (Å²) >= 11 is 0. The third kappa shape index (κ3) is 4.80. The summed E-state index contributed by atoms with van der Waals surface area (Å²) in [7, 11) is 8.41. The number of hydrogen-bond acceptors (Lipinski definition) is 7. The molecule has 8 nitrogen and oxygen atoms in total. The fraction of sp³-hybridized carbons (Fsp3) is 0.360. The van der Waals surface area contributed by atoms with E-state index in [0.29, 0.717) is 41.3 Å². The fourth-order valence-electron chi connectivity index (χ4n) is 4.02. The summed E-state index contributed by atoms with van der Waals surface area (Å²) < 4.78 is 16.2. The first-order valence-electron chi connectivity index (χ1n) is 10.6. The lowest BCUT2D eigenvalue weighted by Crippen LogP contribution is -2.32. The van der Waals surface area contributed by atoms with Gasteiger partial charge in [-0.2, -0.15) is 0 Å². The van der Waals surface area contributed by atoms with Gasteiger partial charge in [-0.05, 0) is 45.3 Å². The molecule has 1 aliphatic heterocycles. The number of methoxy groups -OCH3 is 3. The Bertz CT molecular complexity index is 1060. The normalized spacial score (nSPS) is 17.5. The number of likely N-dealkylation sites (tertiary alicyclic amines) is 1. The van der Waals surface area contributed by atoms with Gasteiger partial charge in [0.25, 0.3) is 11.7 Å². The van der Waals surface area contributed by atoms with E-state index < -0.39 is 17.7 Å². The van der Waals surface area contributed by atoms with E-state index in [9.17, 15) is 14.7 Å². The van der Waals surface area contributed by atoms with Gasteiger partial charge in [-0.3, -0.25) is 9.59 Å². The van der Waals surface area contributed by atoms with Crippen molar-refractivity contribution >= 4 is 17.4 Å². The topological polar surface area (TPSA) is 88.5 Å². The van der Waals surface area contributed by atoms with Crippen LogP contribution in [0.1, 0.15) is 23.6 Å². The summed E-state index contributed by atoms with van der Waals surface area (Å²) in [4.78, 5) is 29.8. The van der Waals surface area contributed by atoms with Crippen molar-refractivity contribution in [2.24, 2.45) is 0 Å². The van der Waals surface area contributed by atoms with Gasteiger partial charge < -0.3 is 29.1 Å². The first kappa shape index (κ1) is 24.1. The number of hydrogen-bond donors (Lipinski definition) is 1. The number of aliphatic hydroxyl groups is 1. The van der Waals surface area contributed by atoms with Crippen LogP contribution in [0, 0.1) is 0 Å². The number of carbonyl (C=O) groups is 2. The van der Waals surface area contributed by atoms with E-state index in [1.807, 2.05) is 31.1 Å². The lowest BCUT2D eigenvalue weighted by Gasteiger charge is -2.27. The maximum Gasteiger partial charge on any atom is 0.295 e. The van der Waals surface area contributed by atoms with Crippen LogP contribution < -0.4 is 14.2 Å². The highest BCUT2D eigenvalue weighted by Gasteiger charge is 2.47. The lowest BCUT2D eigenvalue weighted by atomic mass is 9.94. The molecule has 0 unspecified atom stereocenters. The first-order chi connectivity index (χ1) is 15.8. The number of amides is 1. The Morgan fingerprint density at radius 2 is 1.70 bits per heavy atom. The van der Waals surface area contributed by atoms with Gasteiger partial charge in [0.15, 0.2) is 0 Å². The molecule has 2 aromatic rings. The van der Waals surface area contributed by atoms with E-state index in [4.69, 9.17) is 14.2 Å². The second-order valence-corrected chi connectivity index (χ2v) is 7.96. The first-order valence-corrected chi connectivity index (χ1v) is 10.6. The number of para-hydroxylation sites is 1. The highest BCUT2D eigenvalue weighted by molar-refractivity contribution is 6.46. The molecule has 0 spiro atoms. The number of rotatable bonds is 9. The number of ketones is 1. The molecular weight excluding hydrogens is 424 g/mol. The van der Waals surface area contributed by atoms with Crippen molar-refractivity contribution in [3.8, 4) is 17.2 Å². The molecule has 8 heteroatoms. The Balaban J connectivity index is 2.19. The van der Waals surface area contributed by atoms with Gasteiger partial charge in [-0.25, -0.2) is 0 Å². The van der Waals surface area contributed by atoms with Gasteiger partial charge in [-0.1, -0.05) is 18.2 Å². The van der Waals surface area contributed by atoms with E-state index >= 15 is 0 Å². The standard InChI is InChI=1S/C25H30N2O6/c1-26(2)13-8-14-27-22(17-9-6-7-10-19(17)32-4)21(24(29)25(27)30)23(28)18-12-11-16(31-3)15-20(18)33-5/h6-7,9-12,15,22,28H,8,13-14H2,1-5H3/b23-21+/t22-/m0/s1. The van der Waals surface area contributed by atoms with Crippen LogP contribution in [-0.4, -0.2) is 75.1 Å². The van der Waals surface area contributed by atoms with Crippen molar-refractivity contribution in [1.82, 2.24) is 9.80 Å². The van der Waals surface area contributed by atoms with Crippen molar-refractivity contribution in [3.63, 3.8) is 0 Å². The average Bonchev–Trinajstić information content (AvgIpc) is 3.07. The molecule has 0 radical (unpaired) electrons. The molecule has 176 valence electrons. The molecule has 1 saturated heterocycles. The van der Waals surface area contributed by atoms with E-state index in [1.54, 1.807) is 30.3 Å². The van der Waals surface area contributed by atoms with Crippen LogP contribution in [-0.2, 0) is 9.59 Å². The Morgan fingerprint density at radius 3 is 2.33 bits per heavy atom. The van der Waals surface area contributed by atoms with Crippen molar-refractivity contribution in [2.75, 3.05) is 48.5 Å². The minimum atomic E-state index is -0.796. The van der Waals surface area contributed by atoms with Crippen LogP contribution in [0.5, 0.6) is 17.2 Å². The summed E-state index contributed by atoms with van der Waals surface area (Å²) in [5.41, 5.74) is 0.917. The summed E-state index contributed by atoms with van der Waals surface area (Å²) in [5, 5.41) is 11.3. The Labute approximate surface area is 194 Å². The van der Waals surface area contributed by atoms with E-state index in [-0.39, 0.29) is 11.3 Å². The monoisotopic (exact) mass is 454 g/mol. The molecule has 1 aliphatic rings. The van der Waals surface area contributed by atoms with Crippen molar-refractivity contribution in [3.05, 3.63) is 59.2 Å². The Morgan fingerprint density at radius 1 is 1.00 bits per heavy atom. The summed E-state index contributed by atoms with van der Waals surface area (Å²) in [6, 6.07) is 11.3. The second-order valence-electron chi connectivity index (χ2n) is 7.96. The fourth-order valence-corrected chi connectivity index (χ4v) is 4.02. The number of ether oxygens (including phenoxy) is 3. The highest BCUT2D eigenvalue weighted by atomic mass is 16.5. The SMILES string of the molecule is COc1ccc(/C(O)=C2\C(=O)C(=O)N(CCCN(C)C)[C@H]2c2ccccc2OC)c(OC)c1. The number of carbonyl (C=O) groups excluding carboxylic acids is 2. The molecule has 33 heavy (non-hydrogen) atoms. The molecule has 1 N–H and O–H groups in total. The van der Waals surface area contributed by atoms with Crippen LogP contribution in [0.15, 0.2) is 48.0 Å². The summed E-state index contributed by atoms with van der Waals surface area (Å²) in [6.07, 6.45) is 0.664. The molecule has 3 rings (SSSR count). The molecule has 1 heterocycles. The molecule has 0 saturated carbocycles. The number of benzene rings is 2. The number of Topliss-reactive ketones (excluding diaryl/α,β-unsaturated/α-hetero) is 1. The number of aliphatic hydroxyl groups excluding tert-OH is 1. The smallest absolute Gasteiger partial charge is 0.295 e. The van der Waals surface area contributed by atoms with Crippen molar-refractivity contribution in [1.29, 1.82) is 0 Å². The molecule has 1 amide bonds. The zero-order chi connectivity index (χ0) is 24.1. The molecular formula is C25H30N2O6. The molecule has 0 bridgehead atoms. The predicted molar refractivity (Wildman–Crippen MR) is 125 cm³/mol. The Hall–Kier alpha value is -3.52. The van der Waals surface area contributed by atoms with E-state index in [1.165, 1.54) is 26.2 Å². The largest absolute Gasteiger partial charge is 0.507 e. The van der Waals surface area contributed by atoms with Crippen LogP contribution in [0.4, 0.5) is 0 Å². The maximum atomic E-state index is 13.2. The zero-order valence-electron chi connectivity index (χ0n) is 19.6. The predicted octanol–water partition coefficient (Wildman–Crippen LogP) is 3.09. The van der Waals surface area contributed by atoms with Crippen molar-refractivity contribution < 1.29 is 28.9 Å². The van der Waals surface area contributed by atoms with Crippen LogP contribution in [0.3, 0.4) is 0 Å². The van der Waals surface area contributed by atoms with E-state index in [0.717, 1.165) is 6.54 Å². The van der Waals surface area contributed by atoms with Gasteiger partial charge in [0.2, 0.25) is 0 Å². The molecule has 2 aromatic carbocycles. The van der Waals surface area contributed by atoms with Gasteiger partial charge >= 0.3 is 0 Å². The van der Waals surface area contributed by atoms with Gasteiger partial charge in [-0.15, -0.1) is 0 Å². The van der Waals surface area contributed by atoms with Crippen LogP contribution in [0.25, 0.3) is 5.76 Å². The zero-order valence-corrected chi connectivity index (χ0v) is 19.6. The second kappa shape index (κ2) is 10.4. The highest BCUT2D eigenvalue weighted by Crippen LogP contribution is 2.44. The summed E-state index contributed by atoms with van der Waals surface area (Å²) in [5.74, 6) is -0.323. The maximum absolute atomic E-state index is 13.2. The molecule has 0 aromatic heterocycles. The average molecular weight is 455 g/mol. The minimum Gasteiger partial charge on any atom is -0.507 e. The Kier molecular flexibility index (Phi) is 7.60. The van der Waals surface area contributed by atoms with Crippen LogP contribution in [0.2, 0.25) is 0 Å². The molecule has 0 aliphatic carbocycles. The summed E-state index contributed by atoms with van der Waals surface area (Å²) in [6.45, 7) is 1.09. The number of nitrogens with zero attached hydrogens (tertiary/aromatic N) is 2. The van der Waals surface area contributed by atoms with Crippen molar-refractivity contribution in [2.45, 2.75) is 12.5 Å². The van der Waals surface area contributed by atoms with Gasteiger partial charge in [0.05, 0.1) is 38.5 Å². The quantitative estimate of drug-likeness (QED) is 0.354. The van der Waals surface area contributed by atoms with Gasteiger partial charge in [0.1, 0.15) is 23.0 Å². The molecule has 1 atom stereocenters. The third-order valence-electron chi connectivity index (χ3n) is 5.64.